The number of carboxylic acids is 1. The number of carbonyl (C=O) groups is 1. The number of alkyl halides is 3. The van der Waals surface area contributed by atoms with Crippen LogP contribution in [0.1, 0.15) is 17.5 Å². The molecule has 0 amide bonds. The summed E-state index contributed by atoms with van der Waals surface area (Å²) in [6, 6.07) is 8.67. The summed E-state index contributed by atoms with van der Waals surface area (Å²) in [5, 5.41) is 7.12. The van der Waals surface area contributed by atoms with Crippen LogP contribution in [-0.4, -0.2) is 28.3 Å². The Bertz CT molecular complexity index is 763. The van der Waals surface area contributed by atoms with Gasteiger partial charge in [0.25, 0.3) is 0 Å². The predicted molar refractivity (Wildman–Crippen MR) is 87.8 cm³/mol. The topological polar surface area (TPSA) is 102 Å². The fraction of sp³-hybridized carbons (Fsp3) is 0.294. The number of carboxylic acid groups (broad SMARTS) is 1. The van der Waals surface area contributed by atoms with Gasteiger partial charge in [-0.2, -0.15) is 13.2 Å². The molecule has 0 radical (unpaired) electrons. The zero-order valence-electron chi connectivity index (χ0n) is 13.3. The third-order valence-electron chi connectivity index (χ3n) is 3.88. The minimum atomic E-state index is -5.08. The second-order valence-electron chi connectivity index (χ2n) is 5.75. The Morgan fingerprint density at radius 3 is 2.52 bits per heavy atom. The van der Waals surface area contributed by atoms with Crippen molar-refractivity contribution in [2.45, 2.75) is 31.5 Å². The highest BCUT2D eigenvalue weighted by molar-refractivity contribution is 5.76. The third-order valence-corrected chi connectivity index (χ3v) is 3.88. The minimum absolute atomic E-state index is 0.312. The van der Waals surface area contributed by atoms with Gasteiger partial charge in [0.05, 0.1) is 0 Å². The van der Waals surface area contributed by atoms with Crippen molar-refractivity contribution in [3.8, 4) is 11.1 Å². The molecule has 1 heterocycles. The summed E-state index contributed by atoms with van der Waals surface area (Å²) in [4.78, 5) is 13.0. The van der Waals surface area contributed by atoms with Crippen molar-refractivity contribution in [2.75, 3.05) is 5.73 Å². The number of halogens is 3. The average Bonchev–Trinajstić information content (AvgIpc) is 2.54. The van der Waals surface area contributed by atoms with E-state index >= 15 is 0 Å². The molecule has 3 rings (SSSR count). The number of benzene rings is 1. The molecule has 1 unspecified atom stereocenters. The van der Waals surface area contributed by atoms with Crippen LogP contribution in [-0.2, 0) is 17.6 Å². The SMILES string of the molecule is Nc1ccncc1-c1ccc2c(c1)CCC(N)C2.O=C(O)C(F)(F)F. The molecule has 0 bridgehead atoms. The number of aromatic nitrogens is 1. The van der Waals surface area contributed by atoms with E-state index in [4.69, 9.17) is 21.4 Å². The van der Waals surface area contributed by atoms with Crippen molar-refractivity contribution in [3.05, 3.63) is 47.8 Å². The zero-order chi connectivity index (χ0) is 18.6. The molecule has 0 spiro atoms. The predicted octanol–water partition coefficient (Wildman–Crippen LogP) is 2.78. The number of nitrogens with two attached hydrogens (primary N) is 2. The highest BCUT2D eigenvalue weighted by Crippen LogP contribution is 2.29. The first-order valence-electron chi connectivity index (χ1n) is 7.56. The van der Waals surface area contributed by atoms with Crippen molar-refractivity contribution in [1.82, 2.24) is 4.98 Å². The smallest absolute Gasteiger partial charge is 0.475 e. The lowest BCUT2D eigenvalue weighted by Gasteiger charge is -2.22. The first kappa shape index (κ1) is 18.7. The number of aryl methyl sites for hydroxylation is 1. The molecule has 8 heteroatoms. The van der Waals surface area contributed by atoms with E-state index in [0.29, 0.717) is 6.04 Å². The van der Waals surface area contributed by atoms with Crippen molar-refractivity contribution in [3.63, 3.8) is 0 Å². The van der Waals surface area contributed by atoms with Crippen molar-refractivity contribution >= 4 is 11.7 Å². The molecule has 25 heavy (non-hydrogen) atoms. The minimum Gasteiger partial charge on any atom is -0.475 e. The van der Waals surface area contributed by atoms with Gasteiger partial charge >= 0.3 is 12.1 Å². The van der Waals surface area contributed by atoms with Crippen LogP contribution in [0.25, 0.3) is 11.1 Å². The van der Waals surface area contributed by atoms with Crippen LogP contribution in [0.5, 0.6) is 0 Å². The van der Waals surface area contributed by atoms with Gasteiger partial charge in [-0.3, -0.25) is 4.98 Å². The molecule has 1 aromatic heterocycles. The molecule has 1 atom stereocenters. The maximum Gasteiger partial charge on any atom is 0.490 e. The highest BCUT2D eigenvalue weighted by Gasteiger charge is 2.38. The van der Waals surface area contributed by atoms with E-state index in [0.717, 1.165) is 36.1 Å². The molecule has 1 aliphatic rings. The van der Waals surface area contributed by atoms with Crippen LogP contribution in [0.4, 0.5) is 18.9 Å². The monoisotopic (exact) mass is 353 g/mol. The summed E-state index contributed by atoms with van der Waals surface area (Å²) in [5.74, 6) is -2.76. The summed E-state index contributed by atoms with van der Waals surface area (Å²) in [6.45, 7) is 0. The van der Waals surface area contributed by atoms with Crippen LogP contribution >= 0.6 is 0 Å². The van der Waals surface area contributed by atoms with E-state index in [9.17, 15) is 13.2 Å². The first-order valence-corrected chi connectivity index (χ1v) is 7.56. The van der Waals surface area contributed by atoms with Gasteiger partial charge in [-0.25, -0.2) is 4.79 Å². The van der Waals surface area contributed by atoms with Gasteiger partial charge in [-0.15, -0.1) is 0 Å². The number of aliphatic carboxylic acids is 1. The third kappa shape index (κ3) is 4.93. The summed E-state index contributed by atoms with van der Waals surface area (Å²) >= 11 is 0. The lowest BCUT2D eigenvalue weighted by atomic mass is 9.87. The molecular formula is C17H18F3N3O2. The van der Waals surface area contributed by atoms with Crippen LogP contribution in [0.2, 0.25) is 0 Å². The standard InChI is InChI=1S/C15H17N3.C2HF3O2/c16-13-4-3-10-7-12(2-1-11(10)8-13)14-9-18-6-5-15(14)17;3-2(4,5)1(6)7/h1-2,5-7,9,13H,3-4,8,16H2,(H2,17,18);(H,6,7). The van der Waals surface area contributed by atoms with Crippen LogP contribution in [0.15, 0.2) is 36.7 Å². The second kappa shape index (κ2) is 7.52. The van der Waals surface area contributed by atoms with Crippen LogP contribution in [0, 0.1) is 0 Å². The molecule has 1 aliphatic carbocycles. The molecule has 0 fully saturated rings. The van der Waals surface area contributed by atoms with Crippen molar-refractivity contribution in [1.29, 1.82) is 0 Å². The van der Waals surface area contributed by atoms with Crippen molar-refractivity contribution < 1.29 is 23.1 Å². The summed E-state index contributed by atoms with van der Waals surface area (Å²) in [7, 11) is 0. The molecule has 5 nitrogen and oxygen atoms in total. The maximum atomic E-state index is 10.6. The van der Waals surface area contributed by atoms with Gasteiger partial charge in [-0.05, 0) is 42.0 Å². The Morgan fingerprint density at radius 2 is 1.92 bits per heavy atom. The summed E-state index contributed by atoms with van der Waals surface area (Å²) in [5.41, 5.74) is 17.7. The molecule has 0 saturated heterocycles. The first-order chi connectivity index (χ1) is 11.7. The Labute approximate surface area is 142 Å². The Morgan fingerprint density at radius 1 is 1.24 bits per heavy atom. The molecule has 0 saturated carbocycles. The van der Waals surface area contributed by atoms with E-state index in [-0.39, 0.29) is 0 Å². The zero-order valence-corrected chi connectivity index (χ0v) is 13.3. The summed E-state index contributed by atoms with van der Waals surface area (Å²) in [6.07, 6.45) is 1.57. The molecule has 2 aromatic rings. The average molecular weight is 353 g/mol. The van der Waals surface area contributed by atoms with E-state index in [2.05, 4.69) is 23.2 Å². The van der Waals surface area contributed by atoms with Crippen molar-refractivity contribution in [2.24, 2.45) is 5.73 Å². The van der Waals surface area contributed by atoms with E-state index < -0.39 is 12.1 Å². The number of pyridine rings is 1. The molecule has 1 aromatic carbocycles. The van der Waals surface area contributed by atoms with Crippen LogP contribution in [0.3, 0.4) is 0 Å². The lowest BCUT2D eigenvalue weighted by molar-refractivity contribution is -0.192. The van der Waals surface area contributed by atoms with E-state index in [1.165, 1.54) is 11.1 Å². The number of nitrogen functional groups attached to an aromatic ring is 1. The largest absolute Gasteiger partial charge is 0.490 e. The molecular weight excluding hydrogens is 335 g/mol. The number of hydrogen-bond acceptors (Lipinski definition) is 4. The normalized spacial score (nSPS) is 16.4. The van der Waals surface area contributed by atoms with Gasteiger partial charge in [0, 0.05) is 29.7 Å². The van der Waals surface area contributed by atoms with E-state index in [1.54, 1.807) is 6.20 Å². The Hall–Kier alpha value is -2.61. The fourth-order valence-corrected chi connectivity index (χ4v) is 2.60. The van der Waals surface area contributed by atoms with Gasteiger partial charge in [0.1, 0.15) is 0 Å². The Kier molecular flexibility index (Phi) is 5.63. The number of rotatable bonds is 1. The molecule has 134 valence electrons. The number of anilines is 1. The lowest BCUT2D eigenvalue weighted by Crippen LogP contribution is -2.27. The van der Waals surface area contributed by atoms with Crippen LogP contribution < -0.4 is 11.5 Å². The fourth-order valence-electron chi connectivity index (χ4n) is 2.60. The number of hydrogen-bond donors (Lipinski definition) is 3. The van der Waals surface area contributed by atoms with Gasteiger partial charge < -0.3 is 16.6 Å². The van der Waals surface area contributed by atoms with Gasteiger partial charge in [0.2, 0.25) is 0 Å². The number of nitrogens with zero attached hydrogens (tertiary/aromatic N) is 1. The molecule has 0 aliphatic heterocycles. The second-order valence-corrected chi connectivity index (χ2v) is 5.75. The quantitative estimate of drug-likeness (QED) is 0.732. The van der Waals surface area contributed by atoms with Gasteiger partial charge in [0.15, 0.2) is 0 Å². The highest BCUT2D eigenvalue weighted by atomic mass is 19.4. The number of fused-ring (bicyclic) bond motifs is 1. The van der Waals surface area contributed by atoms with Gasteiger partial charge in [-0.1, -0.05) is 18.2 Å². The maximum absolute atomic E-state index is 10.6. The Balaban J connectivity index is 0.000000277. The molecule has 5 N–H and O–H groups in total. The van der Waals surface area contributed by atoms with E-state index in [1.807, 2.05) is 12.3 Å². The summed E-state index contributed by atoms with van der Waals surface area (Å²) < 4.78 is 31.7.